The Morgan fingerprint density at radius 2 is 2.04 bits per heavy atom. The van der Waals surface area contributed by atoms with Gasteiger partial charge < -0.3 is 15.5 Å². The van der Waals surface area contributed by atoms with E-state index in [1.807, 2.05) is 0 Å². The smallest absolute Gasteiger partial charge is 0.231 e. The maximum absolute atomic E-state index is 13.4. The second-order valence-corrected chi connectivity index (χ2v) is 9.88. The van der Waals surface area contributed by atoms with Gasteiger partial charge in [0.05, 0.1) is 11.0 Å². The van der Waals surface area contributed by atoms with Crippen LogP contribution in [0.3, 0.4) is 0 Å². The molecule has 1 aliphatic carbocycles. The zero-order valence-electron chi connectivity index (χ0n) is 16.9. The van der Waals surface area contributed by atoms with Gasteiger partial charge in [0, 0.05) is 38.0 Å². The van der Waals surface area contributed by atoms with Crippen LogP contribution in [-0.4, -0.2) is 48.4 Å². The summed E-state index contributed by atoms with van der Waals surface area (Å²) in [6.45, 7) is 7.50. The maximum atomic E-state index is 13.4. The highest BCUT2D eigenvalue weighted by Crippen LogP contribution is 2.44. The molecule has 3 atom stereocenters. The van der Waals surface area contributed by atoms with E-state index < -0.39 is 0 Å². The van der Waals surface area contributed by atoms with Crippen LogP contribution >= 0.6 is 0 Å². The molecule has 4 rings (SSSR count). The summed E-state index contributed by atoms with van der Waals surface area (Å²) in [6, 6.07) is 0. The number of hydrogen-bond donors (Lipinski definition) is 2. The molecule has 27 heavy (non-hydrogen) atoms. The van der Waals surface area contributed by atoms with E-state index in [2.05, 4.69) is 41.5 Å². The van der Waals surface area contributed by atoms with Crippen molar-refractivity contribution in [1.82, 2.24) is 15.5 Å². The van der Waals surface area contributed by atoms with Crippen molar-refractivity contribution in [2.45, 2.75) is 64.3 Å². The molecular weight excluding hydrogens is 338 g/mol. The number of allylic oxidation sites excluding steroid dienone is 2. The third kappa shape index (κ3) is 3.43. The van der Waals surface area contributed by atoms with Gasteiger partial charge in [0.2, 0.25) is 11.8 Å². The van der Waals surface area contributed by atoms with Crippen LogP contribution in [0.2, 0.25) is 0 Å². The molecule has 0 aromatic rings. The molecule has 1 unspecified atom stereocenters. The lowest BCUT2D eigenvalue weighted by Gasteiger charge is -2.43. The largest absolute Gasteiger partial charge is 0.348 e. The van der Waals surface area contributed by atoms with Crippen LogP contribution in [0.15, 0.2) is 12.2 Å². The van der Waals surface area contributed by atoms with E-state index in [0.29, 0.717) is 24.3 Å². The highest BCUT2D eigenvalue weighted by atomic mass is 16.2. The van der Waals surface area contributed by atoms with Crippen LogP contribution < -0.4 is 10.6 Å². The average molecular weight is 374 g/mol. The Hall–Kier alpha value is -1.36. The lowest BCUT2D eigenvalue weighted by molar-refractivity contribution is -0.144. The summed E-state index contributed by atoms with van der Waals surface area (Å²) in [5.74, 6) is 1.54. The van der Waals surface area contributed by atoms with Gasteiger partial charge in [-0.25, -0.2) is 0 Å². The minimum atomic E-state index is -0.258. The van der Waals surface area contributed by atoms with E-state index in [1.165, 1.54) is 0 Å². The van der Waals surface area contributed by atoms with Crippen molar-refractivity contribution in [3.8, 4) is 0 Å². The number of hydrogen-bond acceptors (Lipinski definition) is 3. The van der Waals surface area contributed by atoms with Gasteiger partial charge in [0.25, 0.3) is 0 Å². The molecule has 0 aromatic heterocycles. The normalized spacial score (nSPS) is 37.2. The third-order valence-electron chi connectivity index (χ3n) is 7.39. The van der Waals surface area contributed by atoms with Crippen molar-refractivity contribution in [3.05, 3.63) is 12.2 Å². The predicted molar refractivity (Wildman–Crippen MR) is 106 cm³/mol. The van der Waals surface area contributed by atoms with Crippen LogP contribution in [0.1, 0.15) is 58.8 Å². The van der Waals surface area contributed by atoms with Crippen molar-refractivity contribution in [3.63, 3.8) is 0 Å². The number of carbonyl (C=O) groups is 2. The highest BCUT2D eigenvalue weighted by Gasteiger charge is 2.55. The highest BCUT2D eigenvalue weighted by molar-refractivity contribution is 5.85. The van der Waals surface area contributed by atoms with E-state index in [1.54, 1.807) is 0 Å². The standard InChI is InChI=1S/C22H35N3O2/c1-16(2)11-17-7-4-3-5-9-21(13-23-14-21)20(27)25-12-18-8-6-10-22(18,15-25)24-19(17)26/h3,5,16-18,23H,4,6-15H2,1-2H3,(H,24,26)/b5-3+/t17?,18-,22-/m0/s1. The van der Waals surface area contributed by atoms with E-state index >= 15 is 0 Å². The fourth-order valence-electron chi connectivity index (χ4n) is 5.79. The molecular formula is C22H35N3O2. The Labute approximate surface area is 163 Å². The Morgan fingerprint density at radius 1 is 1.22 bits per heavy atom. The van der Waals surface area contributed by atoms with Crippen LogP contribution in [0.4, 0.5) is 0 Å². The first-order valence-electron chi connectivity index (χ1n) is 10.9. The van der Waals surface area contributed by atoms with Crippen molar-refractivity contribution >= 4 is 11.8 Å². The number of rotatable bonds is 2. The van der Waals surface area contributed by atoms with Crippen LogP contribution in [0.25, 0.3) is 0 Å². The molecule has 2 saturated heterocycles. The first-order chi connectivity index (χ1) is 12.9. The maximum Gasteiger partial charge on any atom is 0.231 e. The molecule has 2 amide bonds. The summed E-state index contributed by atoms with van der Waals surface area (Å²) in [5, 5.41) is 6.81. The van der Waals surface area contributed by atoms with Gasteiger partial charge in [0.1, 0.15) is 0 Å². The predicted octanol–water partition coefficient (Wildman–Crippen LogP) is 2.48. The van der Waals surface area contributed by atoms with Gasteiger partial charge in [-0.2, -0.15) is 0 Å². The van der Waals surface area contributed by atoms with Gasteiger partial charge in [-0.1, -0.05) is 32.4 Å². The molecule has 0 radical (unpaired) electrons. The zero-order valence-corrected chi connectivity index (χ0v) is 16.9. The van der Waals surface area contributed by atoms with Crippen molar-refractivity contribution < 1.29 is 9.59 Å². The van der Waals surface area contributed by atoms with E-state index in [4.69, 9.17) is 0 Å². The summed E-state index contributed by atoms with van der Waals surface area (Å²) in [4.78, 5) is 28.6. The van der Waals surface area contributed by atoms with Gasteiger partial charge in [-0.15, -0.1) is 0 Å². The summed E-state index contributed by atoms with van der Waals surface area (Å²) in [6.07, 6.45) is 11.3. The quantitative estimate of drug-likeness (QED) is 0.731. The molecule has 3 fully saturated rings. The summed E-state index contributed by atoms with van der Waals surface area (Å²) in [5.41, 5.74) is -0.437. The van der Waals surface area contributed by atoms with E-state index in [9.17, 15) is 9.59 Å². The monoisotopic (exact) mass is 373 g/mol. The summed E-state index contributed by atoms with van der Waals surface area (Å²) < 4.78 is 0. The second kappa shape index (κ2) is 7.23. The first kappa shape index (κ1) is 19.0. The van der Waals surface area contributed by atoms with Gasteiger partial charge in [0.15, 0.2) is 0 Å². The van der Waals surface area contributed by atoms with E-state index in [0.717, 1.165) is 64.6 Å². The minimum Gasteiger partial charge on any atom is -0.348 e. The summed E-state index contributed by atoms with van der Waals surface area (Å²) >= 11 is 0. The number of nitrogens with zero attached hydrogens (tertiary/aromatic N) is 1. The number of nitrogens with one attached hydrogen (secondary N) is 2. The molecule has 5 nitrogen and oxygen atoms in total. The fraction of sp³-hybridized carbons (Fsp3) is 0.818. The van der Waals surface area contributed by atoms with Crippen molar-refractivity contribution in [2.75, 3.05) is 26.2 Å². The molecule has 3 aliphatic heterocycles. The summed E-state index contributed by atoms with van der Waals surface area (Å²) in [7, 11) is 0. The second-order valence-electron chi connectivity index (χ2n) is 9.88. The zero-order chi connectivity index (χ0) is 19.1. The number of carbonyl (C=O) groups excluding carboxylic acids is 2. The Balaban J connectivity index is 1.61. The Kier molecular flexibility index (Phi) is 5.08. The third-order valence-corrected chi connectivity index (χ3v) is 7.39. The SMILES string of the molecule is CC(C)CC1CC/C=C/CC2(CNC2)C(=O)N2C[C@@H]3CCC[C@@]3(C2)NC1=O. The van der Waals surface area contributed by atoms with Crippen molar-refractivity contribution in [2.24, 2.45) is 23.2 Å². The fourth-order valence-corrected chi connectivity index (χ4v) is 5.79. The van der Waals surface area contributed by atoms with Crippen LogP contribution in [0.5, 0.6) is 0 Å². The molecule has 3 heterocycles. The Bertz CT molecular complexity index is 625. The van der Waals surface area contributed by atoms with Crippen LogP contribution in [0, 0.1) is 23.2 Å². The molecule has 5 heteroatoms. The van der Waals surface area contributed by atoms with Gasteiger partial charge in [-0.3, -0.25) is 9.59 Å². The topological polar surface area (TPSA) is 61.4 Å². The molecule has 4 aliphatic rings. The minimum absolute atomic E-state index is 0.0788. The van der Waals surface area contributed by atoms with Crippen LogP contribution in [-0.2, 0) is 9.59 Å². The number of fused-ring (bicyclic) bond motifs is 1. The first-order valence-corrected chi connectivity index (χ1v) is 10.9. The molecule has 2 N–H and O–H groups in total. The molecule has 2 bridgehead atoms. The lowest BCUT2D eigenvalue weighted by Crippen LogP contribution is -2.62. The average Bonchev–Trinajstić information content (AvgIpc) is 3.10. The van der Waals surface area contributed by atoms with Gasteiger partial charge in [-0.05, 0) is 44.4 Å². The van der Waals surface area contributed by atoms with Gasteiger partial charge >= 0.3 is 0 Å². The Morgan fingerprint density at radius 3 is 2.74 bits per heavy atom. The molecule has 1 saturated carbocycles. The van der Waals surface area contributed by atoms with Crippen molar-refractivity contribution in [1.29, 1.82) is 0 Å². The van der Waals surface area contributed by atoms with E-state index in [-0.39, 0.29) is 22.8 Å². The molecule has 2 spiro atoms. The number of amides is 2. The molecule has 0 aromatic carbocycles. The molecule has 150 valence electrons. The lowest BCUT2D eigenvalue weighted by atomic mass is 9.77.